The molecule has 9 nitrogen and oxygen atoms in total. The maximum absolute atomic E-state index is 13.5. The van der Waals surface area contributed by atoms with Gasteiger partial charge in [-0.15, -0.1) is 0 Å². The molecular formula is C45H70O9. The van der Waals surface area contributed by atoms with Crippen LogP contribution in [-0.4, -0.2) is 70.9 Å². The van der Waals surface area contributed by atoms with Gasteiger partial charge in [-0.2, -0.15) is 0 Å². The Morgan fingerprint density at radius 2 is 1.41 bits per heavy atom. The molecule has 304 valence electrons. The second-order valence-electron chi connectivity index (χ2n) is 20.5. The molecule has 4 fully saturated rings. The minimum absolute atomic E-state index is 0.0367. The van der Waals surface area contributed by atoms with Gasteiger partial charge in [0.2, 0.25) is 0 Å². The van der Waals surface area contributed by atoms with Crippen molar-refractivity contribution in [3.05, 3.63) is 34.9 Å². The molecule has 12 atom stereocenters. The summed E-state index contributed by atoms with van der Waals surface area (Å²) in [5.74, 6) is -1.32. The SMILES string of the molecule is CC(C)=CC(=O)OC[C@@]12C(CC(C)(C)[C@@H](O)[C@@H]1OC(=O)CC(C)C)C1=CCC3[C@@]4(C)CC[C@H](O)[C@](C)(COC(=O)C=C(C)C)C4CC[C@@]3(C)[C@]1(C)C[C@H]2O. The van der Waals surface area contributed by atoms with Crippen LogP contribution < -0.4 is 0 Å². The van der Waals surface area contributed by atoms with Crippen LogP contribution in [0.3, 0.4) is 0 Å². The molecule has 0 aromatic heterocycles. The monoisotopic (exact) mass is 755 g/mol. The number of fused-ring (bicyclic) bond motifs is 7. The van der Waals surface area contributed by atoms with E-state index in [-0.39, 0.29) is 60.1 Å². The van der Waals surface area contributed by atoms with E-state index in [2.05, 4.69) is 33.8 Å². The van der Waals surface area contributed by atoms with Gasteiger partial charge in [-0.3, -0.25) is 4.79 Å². The molecule has 0 bridgehead atoms. The number of allylic oxidation sites excluding steroid dienone is 4. The van der Waals surface area contributed by atoms with E-state index in [0.717, 1.165) is 36.8 Å². The summed E-state index contributed by atoms with van der Waals surface area (Å²) in [6.07, 6.45) is 6.46. The molecule has 0 heterocycles. The van der Waals surface area contributed by atoms with Crippen molar-refractivity contribution < 1.29 is 43.9 Å². The van der Waals surface area contributed by atoms with E-state index in [9.17, 15) is 29.7 Å². The maximum Gasteiger partial charge on any atom is 0.330 e. The van der Waals surface area contributed by atoms with Crippen LogP contribution in [0.1, 0.15) is 134 Å². The second kappa shape index (κ2) is 14.8. The Kier molecular flexibility index (Phi) is 11.7. The lowest BCUT2D eigenvalue weighted by Gasteiger charge is -2.72. The Labute approximate surface area is 324 Å². The fourth-order valence-corrected chi connectivity index (χ4v) is 12.5. The summed E-state index contributed by atoms with van der Waals surface area (Å²) in [5.41, 5.74) is -0.586. The standard InChI is InChI=1S/C45H70O9/c1-26(2)19-35(48)52-24-42(10)31-15-18-43(11)32(41(31,9)17-16-33(42)46)14-13-29-30-22-40(7,8)38(51)39(54-37(50)21-28(5)6)45(30,34(47)23-44(29,43)12)25-53-36(49)20-27(3)4/h13,19-20,28,30-34,38-39,46-47,51H,14-18,21-25H2,1-12H3/t30?,31?,32?,33-,34+,38-,39-,41-,42+,43+,44+,45-/m0/s1. The predicted molar refractivity (Wildman–Crippen MR) is 208 cm³/mol. The summed E-state index contributed by atoms with van der Waals surface area (Å²) in [6.45, 7) is 24.4. The fourth-order valence-electron chi connectivity index (χ4n) is 12.5. The van der Waals surface area contributed by atoms with E-state index in [1.54, 1.807) is 0 Å². The number of carbonyl (C=O) groups is 3. The van der Waals surface area contributed by atoms with Gasteiger partial charge in [-0.1, -0.05) is 78.2 Å². The molecule has 0 radical (unpaired) electrons. The van der Waals surface area contributed by atoms with Crippen LogP contribution in [0.4, 0.5) is 0 Å². The Balaban J connectivity index is 1.60. The summed E-state index contributed by atoms with van der Waals surface area (Å²) in [4.78, 5) is 39.2. The molecular weight excluding hydrogens is 684 g/mol. The fraction of sp³-hybridized carbons (Fsp3) is 0.800. The zero-order chi connectivity index (χ0) is 40.4. The van der Waals surface area contributed by atoms with Gasteiger partial charge in [-0.05, 0) is 118 Å². The third-order valence-corrected chi connectivity index (χ3v) is 15.5. The first-order chi connectivity index (χ1) is 24.9. The molecule has 0 spiro atoms. The molecule has 0 aromatic carbocycles. The second-order valence-corrected chi connectivity index (χ2v) is 20.5. The Hall–Kier alpha value is -2.49. The summed E-state index contributed by atoms with van der Waals surface area (Å²) in [6, 6.07) is 0. The van der Waals surface area contributed by atoms with Crippen molar-refractivity contribution in [1.82, 2.24) is 0 Å². The van der Waals surface area contributed by atoms with Gasteiger partial charge in [0.25, 0.3) is 0 Å². The van der Waals surface area contributed by atoms with E-state index in [1.807, 2.05) is 55.4 Å². The maximum atomic E-state index is 13.5. The predicted octanol–water partition coefficient (Wildman–Crippen LogP) is 7.66. The number of aliphatic hydroxyl groups excluding tert-OH is 3. The molecule has 0 aliphatic heterocycles. The van der Waals surface area contributed by atoms with Crippen LogP contribution in [0.5, 0.6) is 0 Å². The van der Waals surface area contributed by atoms with Gasteiger partial charge in [0, 0.05) is 24.0 Å². The zero-order valence-corrected chi connectivity index (χ0v) is 35.2. The van der Waals surface area contributed by atoms with Crippen molar-refractivity contribution in [3.63, 3.8) is 0 Å². The summed E-state index contributed by atoms with van der Waals surface area (Å²) in [7, 11) is 0. The highest BCUT2D eigenvalue weighted by atomic mass is 16.6. The molecule has 5 rings (SSSR count). The smallest absolute Gasteiger partial charge is 0.330 e. The van der Waals surface area contributed by atoms with Crippen LogP contribution in [0.25, 0.3) is 0 Å². The number of hydrogen-bond donors (Lipinski definition) is 3. The van der Waals surface area contributed by atoms with Gasteiger partial charge >= 0.3 is 17.9 Å². The normalized spacial score (nSPS) is 42.1. The first-order valence-electron chi connectivity index (χ1n) is 20.5. The summed E-state index contributed by atoms with van der Waals surface area (Å²) < 4.78 is 18.1. The van der Waals surface area contributed by atoms with E-state index in [4.69, 9.17) is 14.2 Å². The van der Waals surface area contributed by atoms with Gasteiger partial charge < -0.3 is 29.5 Å². The van der Waals surface area contributed by atoms with E-state index in [1.165, 1.54) is 17.7 Å². The van der Waals surface area contributed by atoms with Crippen LogP contribution in [0.15, 0.2) is 34.9 Å². The van der Waals surface area contributed by atoms with Crippen LogP contribution in [0.2, 0.25) is 0 Å². The molecule has 9 heteroatoms. The molecule has 3 N–H and O–H groups in total. The molecule has 5 aliphatic carbocycles. The molecule has 4 saturated carbocycles. The average Bonchev–Trinajstić information content (AvgIpc) is 3.03. The van der Waals surface area contributed by atoms with Crippen molar-refractivity contribution in [3.8, 4) is 0 Å². The van der Waals surface area contributed by atoms with Gasteiger partial charge in [0.1, 0.15) is 12.7 Å². The molecule has 0 saturated heterocycles. The first-order valence-corrected chi connectivity index (χ1v) is 20.5. The summed E-state index contributed by atoms with van der Waals surface area (Å²) in [5, 5.41) is 36.4. The van der Waals surface area contributed by atoms with Crippen LogP contribution in [0, 0.1) is 56.2 Å². The van der Waals surface area contributed by atoms with Crippen molar-refractivity contribution >= 4 is 17.9 Å². The molecule has 5 aliphatic rings. The lowest BCUT2D eigenvalue weighted by atomic mass is 9.33. The van der Waals surface area contributed by atoms with Crippen molar-refractivity contribution in [2.24, 2.45) is 56.2 Å². The van der Waals surface area contributed by atoms with Crippen LogP contribution in [-0.2, 0) is 28.6 Å². The Bertz CT molecular complexity index is 1570. The number of hydrogen-bond acceptors (Lipinski definition) is 9. The molecule has 0 aromatic rings. The highest BCUT2D eigenvalue weighted by molar-refractivity contribution is 5.83. The van der Waals surface area contributed by atoms with E-state index in [0.29, 0.717) is 19.3 Å². The third kappa shape index (κ3) is 6.95. The lowest BCUT2D eigenvalue weighted by molar-refractivity contribution is -0.266. The highest BCUT2D eigenvalue weighted by Gasteiger charge is 2.73. The third-order valence-electron chi connectivity index (χ3n) is 15.5. The van der Waals surface area contributed by atoms with Crippen molar-refractivity contribution in [1.29, 1.82) is 0 Å². The van der Waals surface area contributed by atoms with E-state index >= 15 is 0 Å². The highest BCUT2D eigenvalue weighted by Crippen LogP contribution is 2.76. The van der Waals surface area contributed by atoms with Crippen LogP contribution >= 0.6 is 0 Å². The number of carbonyl (C=O) groups excluding carboxylic acids is 3. The minimum Gasteiger partial charge on any atom is -0.462 e. The average molecular weight is 755 g/mol. The minimum atomic E-state index is -1.26. The lowest BCUT2D eigenvalue weighted by Crippen LogP contribution is -2.72. The Morgan fingerprint density at radius 1 is 0.815 bits per heavy atom. The largest absolute Gasteiger partial charge is 0.462 e. The molecule has 0 amide bonds. The zero-order valence-electron chi connectivity index (χ0n) is 35.2. The molecule has 3 unspecified atom stereocenters. The Morgan fingerprint density at radius 3 is 1.98 bits per heavy atom. The van der Waals surface area contributed by atoms with Gasteiger partial charge in [0.15, 0.2) is 0 Å². The quantitative estimate of drug-likeness (QED) is 0.0937. The first kappa shape index (κ1) is 42.6. The molecule has 54 heavy (non-hydrogen) atoms. The number of aliphatic hydroxyl groups is 3. The van der Waals surface area contributed by atoms with Gasteiger partial charge in [-0.25, -0.2) is 9.59 Å². The number of rotatable bonds is 9. The topological polar surface area (TPSA) is 140 Å². The van der Waals surface area contributed by atoms with Crippen molar-refractivity contribution in [2.75, 3.05) is 13.2 Å². The van der Waals surface area contributed by atoms with Crippen molar-refractivity contribution in [2.45, 2.75) is 159 Å². The van der Waals surface area contributed by atoms with E-state index < -0.39 is 58.0 Å². The summed E-state index contributed by atoms with van der Waals surface area (Å²) >= 11 is 0. The van der Waals surface area contributed by atoms with Gasteiger partial charge in [0.05, 0.1) is 30.3 Å². The number of esters is 3. The number of ether oxygens (including phenoxy) is 3.